The van der Waals surface area contributed by atoms with Gasteiger partial charge < -0.3 is 14.4 Å². The standard InChI is InChI=1S/C30H36N2O3/c1-34-15-14-32(30(33)27-10-9-26-19-29(35-2)12-11-25(26)16-27)21-22-6-5-13-31(20-22)28-17-23-7-3-4-8-24(23)18-28/h3-4,7-12,16,19,22,28H,5-6,13-15,17-18,20-21H2,1-2H3. The van der Waals surface area contributed by atoms with Gasteiger partial charge in [-0.15, -0.1) is 0 Å². The Hall–Kier alpha value is -2.89. The normalized spacial score (nSPS) is 18.5. The Balaban J connectivity index is 1.28. The largest absolute Gasteiger partial charge is 0.497 e. The Morgan fingerprint density at radius 1 is 1.00 bits per heavy atom. The van der Waals surface area contributed by atoms with Crippen molar-refractivity contribution in [2.75, 3.05) is 47.0 Å². The topological polar surface area (TPSA) is 42.0 Å². The maximum Gasteiger partial charge on any atom is 0.253 e. The molecule has 1 aliphatic carbocycles. The number of carbonyl (C=O) groups excluding carboxylic acids is 1. The van der Waals surface area contributed by atoms with Gasteiger partial charge in [-0.1, -0.05) is 36.4 Å². The van der Waals surface area contributed by atoms with Crippen molar-refractivity contribution in [3.05, 3.63) is 77.4 Å². The van der Waals surface area contributed by atoms with Gasteiger partial charge in [0.1, 0.15) is 5.75 Å². The van der Waals surface area contributed by atoms with E-state index in [1.54, 1.807) is 14.2 Å². The molecule has 1 amide bonds. The van der Waals surface area contributed by atoms with Crippen molar-refractivity contribution < 1.29 is 14.3 Å². The molecule has 5 heteroatoms. The molecule has 184 valence electrons. The minimum atomic E-state index is 0.0881. The predicted octanol–water partition coefficient (Wildman–Crippen LogP) is 4.82. The fraction of sp³-hybridized carbons (Fsp3) is 0.433. The van der Waals surface area contributed by atoms with Crippen molar-refractivity contribution in [1.82, 2.24) is 9.80 Å². The second-order valence-electron chi connectivity index (χ2n) is 10.0. The van der Waals surface area contributed by atoms with Crippen molar-refractivity contribution in [3.63, 3.8) is 0 Å². The summed E-state index contributed by atoms with van der Waals surface area (Å²) in [7, 11) is 3.37. The summed E-state index contributed by atoms with van der Waals surface area (Å²) in [6, 6.07) is 21.4. The van der Waals surface area contributed by atoms with E-state index in [1.165, 1.54) is 24.0 Å². The average molecular weight is 473 g/mol. The molecule has 0 saturated carbocycles. The summed E-state index contributed by atoms with van der Waals surface area (Å²) in [5.41, 5.74) is 3.74. The zero-order valence-electron chi connectivity index (χ0n) is 20.9. The summed E-state index contributed by atoms with van der Waals surface area (Å²) < 4.78 is 10.7. The van der Waals surface area contributed by atoms with Crippen LogP contribution in [0.4, 0.5) is 0 Å². The van der Waals surface area contributed by atoms with Gasteiger partial charge in [-0.3, -0.25) is 9.69 Å². The molecule has 3 aromatic carbocycles. The van der Waals surface area contributed by atoms with Gasteiger partial charge in [0.2, 0.25) is 0 Å². The molecule has 35 heavy (non-hydrogen) atoms. The smallest absolute Gasteiger partial charge is 0.253 e. The maximum atomic E-state index is 13.6. The summed E-state index contributed by atoms with van der Waals surface area (Å²) in [5.74, 6) is 1.40. The van der Waals surface area contributed by atoms with Crippen molar-refractivity contribution in [2.45, 2.75) is 31.7 Å². The van der Waals surface area contributed by atoms with Crippen LogP contribution in [0.2, 0.25) is 0 Å². The third-order valence-electron chi connectivity index (χ3n) is 7.72. The molecule has 1 unspecified atom stereocenters. The van der Waals surface area contributed by atoms with Gasteiger partial charge in [0, 0.05) is 38.3 Å². The molecule has 1 aliphatic heterocycles. The number of carbonyl (C=O) groups is 1. The van der Waals surface area contributed by atoms with E-state index in [4.69, 9.17) is 9.47 Å². The van der Waals surface area contributed by atoms with E-state index < -0.39 is 0 Å². The summed E-state index contributed by atoms with van der Waals surface area (Å²) in [6.45, 7) is 4.16. The number of benzene rings is 3. The molecule has 2 aliphatic rings. The second kappa shape index (κ2) is 10.8. The van der Waals surface area contributed by atoms with Gasteiger partial charge >= 0.3 is 0 Å². The van der Waals surface area contributed by atoms with E-state index in [0.717, 1.165) is 54.6 Å². The molecule has 1 saturated heterocycles. The number of ether oxygens (including phenoxy) is 2. The first-order chi connectivity index (χ1) is 17.1. The lowest BCUT2D eigenvalue weighted by molar-refractivity contribution is 0.0573. The molecule has 0 radical (unpaired) electrons. The fourth-order valence-corrected chi connectivity index (χ4v) is 5.83. The summed E-state index contributed by atoms with van der Waals surface area (Å²) in [5, 5.41) is 2.12. The molecular formula is C30H36N2O3. The molecule has 0 aromatic heterocycles. The van der Waals surface area contributed by atoms with Crippen molar-refractivity contribution in [2.24, 2.45) is 5.92 Å². The molecule has 0 bridgehead atoms. The molecule has 3 aromatic rings. The highest BCUT2D eigenvalue weighted by molar-refractivity contribution is 5.98. The van der Waals surface area contributed by atoms with Crippen LogP contribution < -0.4 is 4.74 Å². The lowest BCUT2D eigenvalue weighted by atomic mass is 9.95. The fourth-order valence-electron chi connectivity index (χ4n) is 5.83. The average Bonchev–Trinajstić information content (AvgIpc) is 3.35. The van der Waals surface area contributed by atoms with Crippen LogP contribution in [0.25, 0.3) is 10.8 Å². The third-order valence-corrected chi connectivity index (χ3v) is 7.72. The number of rotatable bonds is 8. The molecule has 1 atom stereocenters. The Morgan fingerprint density at radius 3 is 2.49 bits per heavy atom. The molecule has 1 fully saturated rings. The van der Waals surface area contributed by atoms with Gasteiger partial charge in [-0.2, -0.15) is 0 Å². The van der Waals surface area contributed by atoms with E-state index in [2.05, 4.69) is 29.2 Å². The van der Waals surface area contributed by atoms with Crippen LogP contribution in [0, 0.1) is 5.92 Å². The number of hydrogen-bond acceptors (Lipinski definition) is 4. The SMILES string of the molecule is COCCN(CC1CCCN(C2Cc3ccccc3C2)C1)C(=O)c1ccc2cc(OC)ccc2c1. The number of piperidine rings is 1. The molecule has 5 nitrogen and oxygen atoms in total. The summed E-state index contributed by atoms with van der Waals surface area (Å²) >= 11 is 0. The minimum absolute atomic E-state index is 0.0881. The maximum absolute atomic E-state index is 13.6. The van der Waals surface area contributed by atoms with Crippen molar-refractivity contribution in [3.8, 4) is 5.75 Å². The highest BCUT2D eigenvalue weighted by Crippen LogP contribution is 2.29. The first kappa shape index (κ1) is 23.8. The highest BCUT2D eigenvalue weighted by Gasteiger charge is 2.31. The van der Waals surface area contributed by atoms with Crippen LogP contribution in [0.15, 0.2) is 60.7 Å². The molecular weight excluding hydrogens is 436 g/mol. The van der Waals surface area contributed by atoms with Crippen LogP contribution in [-0.4, -0.2) is 68.8 Å². The second-order valence-corrected chi connectivity index (χ2v) is 10.0. The zero-order chi connectivity index (χ0) is 24.2. The van der Waals surface area contributed by atoms with E-state index in [-0.39, 0.29) is 5.91 Å². The first-order valence-corrected chi connectivity index (χ1v) is 12.8. The zero-order valence-corrected chi connectivity index (χ0v) is 20.9. The predicted molar refractivity (Wildman–Crippen MR) is 140 cm³/mol. The lowest BCUT2D eigenvalue weighted by Gasteiger charge is -2.38. The molecule has 0 N–H and O–H groups in total. The number of amides is 1. The third kappa shape index (κ3) is 5.36. The van der Waals surface area contributed by atoms with Crippen LogP contribution in [-0.2, 0) is 17.6 Å². The highest BCUT2D eigenvalue weighted by atomic mass is 16.5. The van der Waals surface area contributed by atoms with Gasteiger partial charge in [-0.05, 0) is 84.3 Å². The minimum Gasteiger partial charge on any atom is -0.497 e. The summed E-state index contributed by atoms with van der Waals surface area (Å²) in [4.78, 5) is 18.3. The lowest BCUT2D eigenvalue weighted by Crippen LogP contribution is -2.47. The van der Waals surface area contributed by atoms with E-state index in [0.29, 0.717) is 25.1 Å². The van der Waals surface area contributed by atoms with Gasteiger partial charge in [-0.25, -0.2) is 0 Å². The Labute approximate surface area is 208 Å². The number of likely N-dealkylation sites (tertiary alicyclic amines) is 1. The van der Waals surface area contributed by atoms with Gasteiger partial charge in [0.25, 0.3) is 5.91 Å². The molecule has 5 rings (SSSR count). The number of methoxy groups -OCH3 is 2. The van der Waals surface area contributed by atoms with Crippen LogP contribution in [0.3, 0.4) is 0 Å². The molecule has 0 spiro atoms. The Bertz CT molecular complexity index is 1150. The number of hydrogen-bond donors (Lipinski definition) is 0. The van der Waals surface area contributed by atoms with E-state index in [9.17, 15) is 4.79 Å². The van der Waals surface area contributed by atoms with Crippen LogP contribution >= 0.6 is 0 Å². The van der Waals surface area contributed by atoms with Crippen LogP contribution in [0.1, 0.15) is 34.3 Å². The monoisotopic (exact) mass is 472 g/mol. The van der Waals surface area contributed by atoms with E-state index >= 15 is 0 Å². The van der Waals surface area contributed by atoms with Gasteiger partial charge in [0.15, 0.2) is 0 Å². The first-order valence-electron chi connectivity index (χ1n) is 12.8. The number of fused-ring (bicyclic) bond motifs is 2. The van der Waals surface area contributed by atoms with Gasteiger partial charge in [0.05, 0.1) is 13.7 Å². The Kier molecular flexibility index (Phi) is 7.35. The van der Waals surface area contributed by atoms with E-state index in [1.807, 2.05) is 41.3 Å². The summed E-state index contributed by atoms with van der Waals surface area (Å²) in [6.07, 6.45) is 4.67. The quantitative estimate of drug-likeness (QED) is 0.472. The Morgan fingerprint density at radius 2 is 1.74 bits per heavy atom. The van der Waals surface area contributed by atoms with Crippen LogP contribution in [0.5, 0.6) is 5.75 Å². The molecule has 1 heterocycles. The van der Waals surface area contributed by atoms with Crippen molar-refractivity contribution >= 4 is 16.7 Å². The number of nitrogens with zero attached hydrogens (tertiary/aromatic N) is 2. The van der Waals surface area contributed by atoms with Crippen molar-refractivity contribution in [1.29, 1.82) is 0 Å².